The van der Waals surface area contributed by atoms with E-state index in [1.54, 1.807) is 18.2 Å². The molecule has 3 N–H and O–H groups in total. The third-order valence-corrected chi connectivity index (χ3v) is 3.96. The highest BCUT2D eigenvalue weighted by Gasteiger charge is 2.25. The Morgan fingerprint density at radius 1 is 1.22 bits per heavy atom. The Balaban J connectivity index is 2.45. The molecule has 0 aliphatic carbocycles. The maximum atomic E-state index is 13.3. The Morgan fingerprint density at radius 3 is 2.57 bits per heavy atom. The number of alkyl halides is 2. The van der Waals surface area contributed by atoms with Crippen molar-refractivity contribution < 1.29 is 18.7 Å². The van der Waals surface area contributed by atoms with Gasteiger partial charge in [-0.15, -0.1) is 0 Å². The second-order valence-corrected chi connectivity index (χ2v) is 5.32. The number of hydrogen-bond donors (Lipinski definition) is 2. The molecule has 3 aromatic rings. The highest BCUT2D eigenvalue weighted by molar-refractivity contribution is 6.39. The molecule has 0 amide bonds. The third-order valence-electron chi connectivity index (χ3n) is 3.57. The Morgan fingerprint density at radius 2 is 1.91 bits per heavy atom. The number of nitrogens with zero attached hydrogens (tertiary/aromatic N) is 1. The van der Waals surface area contributed by atoms with Gasteiger partial charge in [0.25, 0.3) is 6.43 Å². The zero-order valence-electron chi connectivity index (χ0n) is 11.6. The van der Waals surface area contributed by atoms with Crippen LogP contribution in [-0.4, -0.2) is 15.8 Å². The number of halogens is 3. The van der Waals surface area contributed by atoms with Crippen molar-refractivity contribution in [3.05, 3.63) is 53.1 Å². The van der Waals surface area contributed by atoms with Gasteiger partial charge in [0.05, 0.1) is 16.2 Å². The fourth-order valence-corrected chi connectivity index (χ4v) is 2.95. The number of hydrogen-bond acceptors (Lipinski definition) is 2. The van der Waals surface area contributed by atoms with Gasteiger partial charge in [-0.3, -0.25) is 0 Å². The fraction of sp³-hybridized carbons (Fsp3) is 0.0625. The number of aromatic nitrogens is 1. The van der Waals surface area contributed by atoms with Crippen LogP contribution in [0.5, 0.6) is 0 Å². The molecule has 0 bridgehead atoms. The van der Waals surface area contributed by atoms with Gasteiger partial charge in [-0.1, -0.05) is 35.9 Å². The number of nitrogens with two attached hydrogens (primary N) is 1. The van der Waals surface area contributed by atoms with Crippen LogP contribution in [0.2, 0.25) is 5.02 Å². The molecule has 4 nitrogen and oxygen atoms in total. The van der Waals surface area contributed by atoms with Gasteiger partial charge in [-0.05, 0) is 18.2 Å². The second-order valence-electron chi connectivity index (χ2n) is 4.95. The largest absolute Gasteiger partial charge is 0.464 e. The molecule has 7 heteroatoms. The standard InChI is InChI=1S/C16H11ClF2N2O2/c17-13-11-6-5-8(20)7-12(11)21(16(22)23)14(13)9-3-1-2-4-10(9)15(18)19/h1-7,15H,20H2,(H,22,23). The van der Waals surface area contributed by atoms with Crippen LogP contribution in [0.4, 0.5) is 19.3 Å². The van der Waals surface area contributed by atoms with Crippen molar-refractivity contribution in [2.24, 2.45) is 0 Å². The predicted molar refractivity (Wildman–Crippen MR) is 85.2 cm³/mol. The van der Waals surface area contributed by atoms with Crippen molar-refractivity contribution in [1.29, 1.82) is 0 Å². The maximum absolute atomic E-state index is 13.3. The van der Waals surface area contributed by atoms with E-state index in [0.717, 1.165) is 4.57 Å². The predicted octanol–water partition coefficient (Wildman–Crippen LogP) is 5.01. The zero-order chi connectivity index (χ0) is 16.7. The van der Waals surface area contributed by atoms with Crippen LogP contribution in [0.1, 0.15) is 12.0 Å². The van der Waals surface area contributed by atoms with Crippen molar-refractivity contribution in [1.82, 2.24) is 4.57 Å². The van der Waals surface area contributed by atoms with Crippen LogP contribution in [0.15, 0.2) is 42.5 Å². The molecule has 0 aliphatic heterocycles. The average Bonchev–Trinajstić information content (AvgIpc) is 2.79. The summed E-state index contributed by atoms with van der Waals surface area (Å²) < 4.78 is 27.4. The lowest BCUT2D eigenvalue weighted by atomic mass is 10.0. The molecule has 1 heterocycles. The van der Waals surface area contributed by atoms with Crippen molar-refractivity contribution in [2.45, 2.75) is 6.43 Å². The lowest BCUT2D eigenvalue weighted by molar-refractivity contribution is 0.152. The van der Waals surface area contributed by atoms with Crippen LogP contribution in [0.3, 0.4) is 0 Å². The van der Waals surface area contributed by atoms with Crippen molar-refractivity contribution >= 4 is 34.3 Å². The number of rotatable bonds is 2. The average molecular weight is 337 g/mol. The molecule has 118 valence electrons. The van der Waals surface area contributed by atoms with Gasteiger partial charge < -0.3 is 10.8 Å². The molecule has 0 fully saturated rings. The SMILES string of the molecule is Nc1ccc2c(Cl)c(-c3ccccc3C(F)F)n(C(=O)O)c2c1. The molecule has 2 aromatic carbocycles. The molecule has 1 aromatic heterocycles. The lowest BCUT2D eigenvalue weighted by Crippen LogP contribution is -2.10. The summed E-state index contributed by atoms with van der Waals surface area (Å²) in [6.45, 7) is 0. The summed E-state index contributed by atoms with van der Waals surface area (Å²) in [6.07, 6.45) is -4.08. The van der Waals surface area contributed by atoms with Gasteiger partial charge in [0.15, 0.2) is 0 Å². The topological polar surface area (TPSA) is 68.2 Å². The quantitative estimate of drug-likeness (QED) is 0.646. The molecular formula is C16H11ClF2N2O2. The molecule has 0 unspecified atom stereocenters. The maximum Gasteiger partial charge on any atom is 0.416 e. The van der Waals surface area contributed by atoms with E-state index >= 15 is 0 Å². The number of fused-ring (bicyclic) bond motifs is 1. The van der Waals surface area contributed by atoms with Gasteiger partial charge in [0.1, 0.15) is 0 Å². The lowest BCUT2D eigenvalue weighted by Gasteiger charge is -2.11. The number of carbonyl (C=O) groups is 1. The van der Waals surface area contributed by atoms with Crippen LogP contribution in [0, 0.1) is 0 Å². The highest BCUT2D eigenvalue weighted by Crippen LogP contribution is 2.41. The van der Waals surface area contributed by atoms with E-state index in [2.05, 4.69) is 0 Å². The van der Waals surface area contributed by atoms with Gasteiger partial charge in [-0.2, -0.15) is 0 Å². The van der Waals surface area contributed by atoms with Gasteiger partial charge in [-0.25, -0.2) is 18.1 Å². The zero-order valence-corrected chi connectivity index (χ0v) is 12.4. The summed E-state index contributed by atoms with van der Waals surface area (Å²) >= 11 is 6.30. The third kappa shape index (κ3) is 2.41. The summed E-state index contributed by atoms with van der Waals surface area (Å²) in [7, 11) is 0. The summed E-state index contributed by atoms with van der Waals surface area (Å²) in [5.74, 6) is 0. The Hall–Kier alpha value is -2.60. The second kappa shape index (κ2) is 5.55. The minimum absolute atomic E-state index is 0.00988. The molecule has 0 aliphatic rings. The fourth-order valence-electron chi connectivity index (χ4n) is 2.61. The summed E-state index contributed by atoms with van der Waals surface area (Å²) in [5.41, 5.74) is 6.10. The molecule has 23 heavy (non-hydrogen) atoms. The monoisotopic (exact) mass is 336 g/mol. The van der Waals surface area contributed by atoms with E-state index in [1.807, 2.05) is 0 Å². The first kappa shape index (κ1) is 15.3. The van der Waals surface area contributed by atoms with E-state index in [0.29, 0.717) is 11.1 Å². The van der Waals surface area contributed by atoms with E-state index in [-0.39, 0.29) is 27.4 Å². The molecule has 3 rings (SSSR count). The minimum atomic E-state index is -2.76. The molecular weight excluding hydrogens is 326 g/mol. The first-order chi connectivity index (χ1) is 10.9. The molecule has 0 spiro atoms. The molecule has 0 radical (unpaired) electrons. The van der Waals surface area contributed by atoms with Gasteiger partial charge >= 0.3 is 6.09 Å². The van der Waals surface area contributed by atoms with Crippen LogP contribution >= 0.6 is 11.6 Å². The normalized spacial score (nSPS) is 11.3. The first-order valence-electron chi connectivity index (χ1n) is 6.62. The Labute approximate surface area is 134 Å². The highest BCUT2D eigenvalue weighted by atomic mass is 35.5. The van der Waals surface area contributed by atoms with Gasteiger partial charge in [0.2, 0.25) is 0 Å². The number of carboxylic acid groups (broad SMARTS) is 1. The van der Waals surface area contributed by atoms with E-state index in [1.165, 1.54) is 24.3 Å². The van der Waals surface area contributed by atoms with Crippen LogP contribution in [-0.2, 0) is 0 Å². The van der Waals surface area contributed by atoms with E-state index < -0.39 is 12.5 Å². The van der Waals surface area contributed by atoms with Crippen LogP contribution < -0.4 is 5.73 Å². The van der Waals surface area contributed by atoms with Crippen molar-refractivity contribution in [3.63, 3.8) is 0 Å². The number of nitrogen functional groups attached to an aromatic ring is 1. The minimum Gasteiger partial charge on any atom is -0.464 e. The van der Waals surface area contributed by atoms with Crippen molar-refractivity contribution in [2.75, 3.05) is 5.73 Å². The summed E-state index contributed by atoms with van der Waals surface area (Å²) in [6, 6.07) is 10.3. The smallest absolute Gasteiger partial charge is 0.416 e. The summed E-state index contributed by atoms with van der Waals surface area (Å²) in [5, 5.41) is 10.1. The number of benzene rings is 2. The Bertz CT molecular complexity index is 922. The summed E-state index contributed by atoms with van der Waals surface area (Å²) in [4.78, 5) is 11.7. The van der Waals surface area contributed by atoms with Crippen LogP contribution in [0.25, 0.3) is 22.2 Å². The molecule has 0 saturated carbocycles. The first-order valence-corrected chi connectivity index (χ1v) is 6.99. The van der Waals surface area contributed by atoms with E-state index in [4.69, 9.17) is 17.3 Å². The molecule has 0 saturated heterocycles. The molecule has 0 atom stereocenters. The van der Waals surface area contributed by atoms with Gasteiger partial charge in [0, 0.05) is 22.2 Å². The Kier molecular flexibility index (Phi) is 3.69. The van der Waals surface area contributed by atoms with Crippen molar-refractivity contribution in [3.8, 4) is 11.3 Å². The van der Waals surface area contributed by atoms with E-state index in [9.17, 15) is 18.7 Å². The number of anilines is 1.